The van der Waals surface area contributed by atoms with Gasteiger partial charge in [0.1, 0.15) is 0 Å². The SMILES string of the molecule is Cc1cccc2nc(N)n(CC3CCCCN3C)c12. The lowest BCUT2D eigenvalue weighted by molar-refractivity contribution is 0.169. The minimum atomic E-state index is 0.577. The zero-order valence-electron chi connectivity index (χ0n) is 11.8. The molecule has 0 amide bonds. The molecule has 1 fully saturated rings. The molecule has 1 atom stereocenters. The van der Waals surface area contributed by atoms with Crippen molar-refractivity contribution in [2.24, 2.45) is 0 Å². The summed E-state index contributed by atoms with van der Waals surface area (Å²) in [4.78, 5) is 6.94. The van der Waals surface area contributed by atoms with E-state index in [-0.39, 0.29) is 0 Å². The summed E-state index contributed by atoms with van der Waals surface area (Å²) in [6, 6.07) is 6.79. The third kappa shape index (κ3) is 2.21. The number of likely N-dealkylation sites (tertiary alicyclic amines) is 1. The third-order valence-corrected chi connectivity index (χ3v) is 4.31. The van der Waals surface area contributed by atoms with Gasteiger partial charge in [-0.3, -0.25) is 0 Å². The highest BCUT2D eigenvalue weighted by molar-refractivity contribution is 5.81. The summed E-state index contributed by atoms with van der Waals surface area (Å²) >= 11 is 0. The number of hydrogen-bond donors (Lipinski definition) is 1. The van der Waals surface area contributed by atoms with Crippen molar-refractivity contribution < 1.29 is 0 Å². The second kappa shape index (κ2) is 4.85. The number of nitrogens with two attached hydrogens (primary N) is 1. The Morgan fingerprint density at radius 3 is 3.00 bits per heavy atom. The van der Waals surface area contributed by atoms with Gasteiger partial charge in [0.15, 0.2) is 0 Å². The van der Waals surface area contributed by atoms with Crippen LogP contribution in [-0.4, -0.2) is 34.1 Å². The zero-order chi connectivity index (χ0) is 13.4. The van der Waals surface area contributed by atoms with Crippen LogP contribution in [0, 0.1) is 6.92 Å². The Bertz CT molecular complexity index is 587. The Balaban J connectivity index is 1.98. The van der Waals surface area contributed by atoms with E-state index in [1.54, 1.807) is 0 Å². The molecular weight excluding hydrogens is 236 g/mol. The fraction of sp³-hybridized carbons (Fsp3) is 0.533. The first-order valence-electron chi connectivity index (χ1n) is 7.08. The first-order chi connectivity index (χ1) is 9.16. The van der Waals surface area contributed by atoms with Gasteiger partial charge in [0, 0.05) is 12.6 Å². The predicted octanol–water partition coefficient (Wildman–Crippen LogP) is 2.41. The van der Waals surface area contributed by atoms with Crippen molar-refractivity contribution in [3.05, 3.63) is 23.8 Å². The Morgan fingerprint density at radius 2 is 2.21 bits per heavy atom. The molecule has 0 spiro atoms. The number of likely N-dealkylation sites (N-methyl/N-ethyl adjacent to an activating group) is 1. The highest BCUT2D eigenvalue weighted by atomic mass is 15.2. The summed E-state index contributed by atoms with van der Waals surface area (Å²) < 4.78 is 2.19. The summed E-state index contributed by atoms with van der Waals surface area (Å²) in [7, 11) is 2.21. The summed E-state index contributed by atoms with van der Waals surface area (Å²) in [6.07, 6.45) is 3.88. The lowest BCUT2D eigenvalue weighted by atomic mass is 10.0. The second-order valence-electron chi connectivity index (χ2n) is 5.65. The van der Waals surface area contributed by atoms with Crippen LogP contribution >= 0.6 is 0 Å². The number of anilines is 1. The first-order valence-corrected chi connectivity index (χ1v) is 7.08. The average molecular weight is 258 g/mol. The number of aromatic nitrogens is 2. The van der Waals surface area contributed by atoms with Gasteiger partial charge in [-0.1, -0.05) is 18.6 Å². The molecule has 2 heterocycles. The number of nitrogen functional groups attached to an aromatic ring is 1. The molecule has 1 aliphatic rings. The summed E-state index contributed by atoms with van der Waals surface area (Å²) in [5, 5.41) is 0. The maximum Gasteiger partial charge on any atom is 0.201 e. The molecule has 4 nitrogen and oxygen atoms in total. The molecule has 3 rings (SSSR count). The summed E-state index contributed by atoms with van der Waals surface area (Å²) in [5.41, 5.74) is 9.57. The van der Waals surface area contributed by atoms with Crippen molar-refractivity contribution in [1.29, 1.82) is 0 Å². The fourth-order valence-electron chi connectivity index (χ4n) is 3.15. The van der Waals surface area contributed by atoms with Crippen LogP contribution in [0.4, 0.5) is 5.95 Å². The second-order valence-corrected chi connectivity index (χ2v) is 5.65. The Kier molecular flexibility index (Phi) is 3.19. The van der Waals surface area contributed by atoms with Crippen molar-refractivity contribution >= 4 is 17.0 Å². The van der Waals surface area contributed by atoms with E-state index >= 15 is 0 Å². The molecule has 4 heteroatoms. The topological polar surface area (TPSA) is 47.1 Å². The van der Waals surface area contributed by atoms with Crippen LogP contribution < -0.4 is 5.73 Å². The van der Waals surface area contributed by atoms with Crippen LogP contribution in [0.2, 0.25) is 0 Å². The van der Waals surface area contributed by atoms with Gasteiger partial charge in [-0.15, -0.1) is 0 Å². The average Bonchev–Trinajstić information content (AvgIpc) is 2.70. The minimum Gasteiger partial charge on any atom is -0.369 e. The van der Waals surface area contributed by atoms with E-state index in [0.29, 0.717) is 12.0 Å². The summed E-state index contributed by atoms with van der Waals surface area (Å²) in [5.74, 6) is 0.642. The smallest absolute Gasteiger partial charge is 0.201 e. The van der Waals surface area contributed by atoms with Gasteiger partial charge in [0.25, 0.3) is 0 Å². The van der Waals surface area contributed by atoms with Crippen LogP contribution in [0.5, 0.6) is 0 Å². The standard InChI is InChI=1S/C15H22N4/c1-11-6-5-8-13-14(11)19(15(16)17-13)10-12-7-3-4-9-18(12)2/h5-6,8,12H,3-4,7,9-10H2,1-2H3,(H2,16,17). The monoisotopic (exact) mass is 258 g/mol. The first kappa shape index (κ1) is 12.5. The number of hydrogen-bond acceptors (Lipinski definition) is 3. The molecule has 1 aliphatic heterocycles. The van der Waals surface area contributed by atoms with Gasteiger partial charge in [-0.2, -0.15) is 0 Å². The van der Waals surface area contributed by atoms with E-state index in [9.17, 15) is 0 Å². The van der Waals surface area contributed by atoms with Crippen molar-refractivity contribution in [2.75, 3.05) is 19.3 Å². The van der Waals surface area contributed by atoms with E-state index in [1.807, 2.05) is 12.1 Å². The number of nitrogens with zero attached hydrogens (tertiary/aromatic N) is 3. The molecule has 2 N–H and O–H groups in total. The van der Waals surface area contributed by atoms with Gasteiger partial charge in [-0.05, 0) is 45.0 Å². The van der Waals surface area contributed by atoms with Gasteiger partial charge in [0.2, 0.25) is 5.95 Å². The summed E-state index contributed by atoms with van der Waals surface area (Å²) in [6.45, 7) is 4.27. The van der Waals surface area contributed by atoms with Gasteiger partial charge in [0.05, 0.1) is 11.0 Å². The zero-order valence-corrected chi connectivity index (χ0v) is 11.8. The maximum atomic E-state index is 6.12. The number of para-hydroxylation sites is 1. The van der Waals surface area contributed by atoms with E-state index in [1.165, 1.54) is 36.9 Å². The van der Waals surface area contributed by atoms with Crippen LogP contribution in [0.15, 0.2) is 18.2 Å². The molecule has 1 saturated heterocycles. The maximum absolute atomic E-state index is 6.12. The number of aryl methyl sites for hydroxylation is 1. The number of fused-ring (bicyclic) bond motifs is 1. The molecule has 1 aromatic heterocycles. The minimum absolute atomic E-state index is 0.577. The van der Waals surface area contributed by atoms with Crippen LogP contribution in [0.1, 0.15) is 24.8 Å². The predicted molar refractivity (Wildman–Crippen MR) is 79.2 cm³/mol. The van der Waals surface area contributed by atoms with E-state index in [0.717, 1.165) is 12.1 Å². The Labute approximate surface area is 114 Å². The van der Waals surface area contributed by atoms with E-state index < -0.39 is 0 Å². The van der Waals surface area contributed by atoms with Gasteiger partial charge in [-0.25, -0.2) is 4.98 Å². The van der Waals surface area contributed by atoms with Gasteiger partial charge < -0.3 is 15.2 Å². The quantitative estimate of drug-likeness (QED) is 0.900. The molecule has 0 radical (unpaired) electrons. The number of piperidine rings is 1. The molecule has 1 aromatic carbocycles. The molecule has 0 bridgehead atoms. The largest absolute Gasteiger partial charge is 0.369 e. The highest BCUT2D eigenvalue weighted by Gasteiger charge is 2.21. The number of rotatable bonds is 2. The van der Waals surface area contributed by atoms with Crippen molar-refractivity contribution in [3.63, 3.8) is 0 Å². The molecular formula is C15H22N4. The van der Waals surface area contributed by atoms with Crippen molar-refractivity contribution in [2.45, 2.75) is 38.8 Å². The molecule has 102 valence electrons. The van der Waals surface area contributed by atoms with Crippen LogP contribution in [0.25, 0.3) is 11.0 Å². The van der Waals surface area contributed by atoms with E-state index in [4.69, 9.17) is 5.73 Å². The normalized spacial score (nSPS) is 21.1. The Hall–Kier alpha value is -1.55. The lowest BCUT2D eigenvalue weighted by Crippen LogP contribution is -2.39. The van der Waals surface area contributed by atoms with Crippen molar-refractivity contribution in [1.82, 2.24) is 14.5 Å². The van der Waals surface area contributed by atoms with Crippen LogP contribution in [-0.2, 0) is 6.54 Å². The van der Waals surface area contributed by atoms with Gasteiger partial charge >= 0.3 is 0 Å². The highest BCUT2D eigenvalue weighted by Crippen LogP contribution is 2.24. The molecule has 0 saturated carbocycles. The third-order valence-electron chi connectivity index (χ3n) is 4.31. The molecule has 19 heavy (non-hydrogen) atoms. The molecule has 1 unspecified atom stereocenters. The lowest BCUT2D eigenvalue weighted by Gasteiger charge is -2.33. The Morgan fingerprint density at radius 1 is 1.37 bits per heavy atom. The molecule has 2 aromatic rings. The van der Waals surface area contributed by atoms with Crippen LogP contribution in [0.3, 0.4) is 0 Å². The van der Waals surface area contributed by atoms with Crippen molar-refractivity contribution in [3.8, 4) is 0 Å². The number of imidazole rings is 1. The fourth-order valence-corrected chi connectivity index (χ4v) is 3.15. The molecule has 0 aliphatic carbocycles. The van der Waals surface area contributed by atoms with E-state index in [2.05, 4.69) is 34.5 Å². The number of benzene rings is 1.